The van der Waals surface area contributed by atoms with Crippen LogP contribution < -0.4 is 4.74 Å². The van der Waals surface area contributed by atoms with E-state index in [0.29, 0.717) is 29.0 Å². The summed E-state index contributed by atoms with van der Waals surface area (Å²) >= 11 is 1.46. The van der Waals surface area contributed by atoms with E-state index in [4.69, 9.17) is 9.15 Å². The lowest BCUT2D eigenvalue weighted by Crippen LogP contribution is -2.11. The number of hydrogen-bond donors (Lipinski definition) is 0. The Morgan fingerprint density at radius 2 is 1.95 bits per heavy atom. The number of thioether (sulfide) groups is 1. The maximum Gasteiger partial charge on any atom is 0.276 e. The second-order valence-corrected chi connectivity index (χ2v) is 6.55. The van der Waals surface area contributed by atoms with E-state index in [1.54, 1.807) is 24.3 Å². The van der Waals surface area contributed by atoms with Crippen LogP contribution in [0.2, 0.25) is 0 Å². The van der Waals surface area contributed by atoms with E-state index in [9.17, 15) is 4.79 Å². The molecular formula is C15H18N2O3S. The molecule has 0 bridgehead atoms. The van der Waals surface area contributed by atoms with Crippen LogP contribution in [0.1, 0.15) is 37.0 Å². The van der Waals surface area contributed by atoms with Crippen LogP contribution in [0.15, 0.2) is 33.9 Å². The number of benzene rings is 1. The van der Waals surface area contributed by atoms with E-state index >= 15 is 0 Å². The average Bonchev–Trinajstić information content (AvgIpc) is 2.93. The Hall–Kier alpha value is -1.82. The van der Waals surface area contributed by atoms with Crippen LogP contribution in [0.3, 0.4) is 0 Å². The number of nitrogens with zero attached hydrogens (tertiary/aromatic N) is 2. The first-order chi connectivity index (χ1) is 9.99. The van der Waals surface area contributed by atoms with Crippen LogP contribution in [0.25, 0.3) is 0 Å². The van der Waals surface area contributed by atoms with E-state index in [1.807, 2.05) is 20.8 Å². The number of aromatic nitrogens is 2. The molecule has 6 heteroatoms. The topological polar surface area (TPSA) is 65.2 Å². The van der Waals surface area contributed by atoms with Gasteiger partial charge in [-0.2, -0.15) is 0 Å². The van der Waals surface area contributed by atoms with E-state index in [-0.39, 0.29) is 5.41 Å². The van der Waals surface area contributed by atoms with Crippen LogP contribution in [0.4, 0.5) is 0 Å². The molecule has 0 atom stereocenters. The maximum atomic E-state index is 10.5. The molecule has 1 aromatic carbocycles. The van der Waals surface area contributed by atoms with Crippen molar-refractivity contribution in [3.8, 4) is 5.75 Å². The van der Waals surface area contributed by atoms with E-state index in [0.717, 1.165) is 12.0 Å². The van der Waals surface area contributed by atoms with Gasteiger partial charge in [0, 0.05) is 16.7 Å². The molecule has 0 spiro atoms. The van der Waals surface area contributed by atoms with Crippen LogP contribution >= 0.6 is 11.8 Å². The Morgan fingerprint density at radius 1 is 1.24 bits per heavy atom. The molecule has 2 aromatic rings. The number of aldehydes is 1. The highest BCUT2D eigenvalue weighted by molar-refractivity contribution is 7.99. The van der Waals surface area contributed by atoms with Gasteiger partial charge in [-0.3, -0.25) is 4.79 Å². The SMILES string of the molecule is CC(C)(C)c1nnc(SCCOc2ccc(C=O)cc2)o1. The van der Waals surface area contributed by atoms with Gasteiger partial charge in [-0.05, 0) is 24.3 Å². The molecular weight excluding hydrogens is 288 g/mol. The van der Waals surface area contributed by atoms with Gasteiger partial charge in [0.2, 0.25) is 5.89 Å². The Labute approximate surface area is 128 Å². The Kier molecular flexibility index (Phi) is 5.01. The van der Waals surface area contributed by atoms with E-state index in [2.05, 4.69) is 10.2 Å². The lowest BCUT2D eigenvalue weighted by Gasteiger charge is -2.10. The van der Waals surface area contributed by atoms with Crippen molar-refractivity contribution in [2.24, 2.45) is 0 Å². The largest absolute Gasteiger partial charge is 0.493 e. The minimum atomic E-state index is -0.136. The molecule has 0 saturated carbocycles. The molecule has 0 aliphatic heterocycles. The third-order valence-electron chi connectivity index (χ3n) is 2.64. The van der Waals surface area contributed by atoms with Gasteiger partial charge in [0.15, 0.2) is 0 Å². The second-order valence-electron chi connectivity index (χ2n) is 5.51. The summed E-state index contributed by atoms with van der Waals surface area (Å²) in [4.78, 5) is 10.5. The third-order valence-corrected chi connectivity index (χ3v) is 3.42. The molecule has 0 aliphatic rings. The zero-order valence-corrected chi connectivity index (χ0v) is 13.1. The minimum absolute atomic E-state index is 0.136. The van der Waals surface area contributed by atoms with Gasteiger partial charge in [-0.1, -0.05) is 32.5 Å². The lowest BCUT2D eigenvalue weighted by atomic mass is 9.97. The van der Waals surface area contributed by atoms with Gasteiger partial charge >= 0.3 is 0 Å². The highest BCUT2D eigenvalue weighted by Gasteiger charge is 2.21. The summed E-state index contributed by atoms with van der Waals surface area (Å²) in [5.41, 5.74) is 0.500. The first kappa shape index (κ1) is 15.6. The number of carbonyl (C=O) groups excluding carboxylic acids is 1. The number of carbonyl (C=O) groups is 1. The molecule has 112 valence electrons. The molecule has 0 radical (unpaired) electrons. The summed E-state index contributed by atoms with van der Waals surface area (Å²) in [6.07, 6.45) is 0.808. The molecule has 0 fully saturated rings. The standard InChI is InChI=1S/C15H18N2O3S/c1-15(2,3)13-16-17-14(20-13)21-9-8-19-12-6-4-11(10-18)5-7-12/h4-7,10H,8-9H2,1-3H3. The first-order valence-electron chi connectivity index (χ1n) is 6.64. The van der Waals surface area contributed by atoms with E-state index in [1.165, 1.54) is 11.8 Å². The normalized spacial score (nSPS) is 11.4. The highest BCUT2D eigenvalue weighted by Crippen LogP contribution is 2.24. The van der Waals surface area contributed by atoms with Crippen molar-refractivity contribution in [1.29, 1.82) is 0 Å². The van der Waals surface area contributed by atoms with Crippen LogP contribution in [-0.4, -0.2) is 28.8 Å². The van der Waals surface area contributed by atoms with Gasteiger partial charge in [0.1, 0.15) is 12.0 Å². The molecule has 0 aliphatic carbocycles. The fourth-order valence-electron chi connectivity index (χ4n) is 1.50. The number of ether oxygens (including phenoxy) is 1. The molecule has 5 nitrogen and oxygen atoms in total. The fourth-order valence-corrected chi connectivity index (χ4v) is 2.08. The van der Waals surface area contributed by atoms with E-state index < -0.39 is 0 Å². The summed E-state index contributed by atoms with van der Waals surface area (Å²) in [5, 5.41) is 8.59. The number of rotatable bonds is 6. The summed E-state index contributed by atoms with van der Waals surface area (Å²) in [6.45, 7) is 6.61. The van der Waals surface area contributed by atoms with Crippen molar-refractivity contribution in [3.63, 3.8) is 0 Å². The van der Waals surface area contributed by atoms with Gasteiger partial charge in [-0.15, -0.1) is 10.2 Å². The summed E-state index contributed by atoms with van der Waals surface area (Å²) in [7, 11) is 0. The van der Waals surface area contributed by atoms with Gasteiger partial charge in [-0.25, -0.2) is 0 Å². The molecule has 2 rings (SSSR count). The summed E-state index contributed by atoms with van der Waals surface area (Å²) in [6, 6.07) is 7.00. The monoisotopic (exact) mass is 306 g/mol. The lowest BCUT2D eigenvalue weighted by molar-refractivity contribution is 0.112. The predicted octanol–water partition coefficient (Wildman–Crippen LogP) is 3.35. The molecule has 0 saturated heterocycles. The highest BCUT2D eigenvalue weighted by atomic mass is 32.2. The Balaban J connectivity index is 1.76. The molecule has 0 unspecified atom stereocenters. The zero-order valence-electron chi connectivity index (χ0n) is 12.3. The molecule has 1 heterocycles. The Morgan fingerprint density at radius 3 is 2.52 bits per heavy atom. The van der Waals surface area contributed by atoms with Crippen molar-refractivity contribution in [3.05, 3.63) is 35.7 Å². The summed E-state index contributed by atoms with van der Waals surface area (Å²) < 4.78 is 11.2. The van der Waals surface area contributed by atoms with Gasteiger partial charge in [0.05, 0.1) is 6.61 Å². The van der Waals surface area contributed by atoms with Crippen molar-refractivity contribution in [2.45, 2.75) is 31.4 Å². The van der Waals surface area contributed by atoms with Crippen molar-refractivity contribution >= 4 is 18.0 Å². The number of hydrogen-bond acceptors (Lipinski definition) is 6. The smallest absolute Gasteiger partial charge is 0.276 e. The van der Waals surface area contributed by atoms with Gasteiger partial charge < -0.3 is 9.15 Å². The zero-order chi connectivity index (χ0) is 15.3. The molecule has 1 aromatic heterocycles. The second kappa shape index (κ2) is 6.76. The molecule has 21 heavy (non-hydrogen) atoms. The first-order valence-corrected chi connectivity index (χ1v) is 7.62. The quantitative estimate of drug-likeness (QED) is 0.463. The molecule has 0 N–H and O–H groups in total. The minimum Gasteiger partial charge on any atom is -0.493 e. The van der Waals surface area contributed by atoms with Crippen LogP contribution in [-0.2, 0) is 5.41 Å². The third kappa shape index (κ3) is 4.60. The van der Waals surface area contributed by atoms with Crippen LogP contribution in [0, 0.1) is 0 Å². The average molecular weight is 306 g/mol. The van der Waals surface area contributed by atoms with Crippen molar-refractivity contribution in [2.75, 3.05) is 12.4 Å². The predicted molar refractivity (Wildman–Crippen MR) is 81.0 cm³/mol. The van der Waals surface area contributed by atoms with Gasteiger partial charge in [0.25, 0.3) is 5.22 Å². The fraction of sp³-hybridized carbons (Fsp3) is 0.400. The van der Waals surface area contributed by atoms with Crippen molar-refractivity contribution in [1.82, 2.24) is 10.2 Å². The Bertz CT molecular complexity index is 588. The molecule has 0 amide bonds. The van der Waals surface area contributed by atoms with Crippen molar-refractivity contribution < 1.29 is 13.9 Å². The maximum absolute atomic E-state index is 10.5. The summed E-state index contributed by atoms with van der Waals surface area (Å²) in [5.74, 6) is 2.08. The van der Waals surface area contributed by atoms with Crippen LogP contribution in [0.5, 0.6) is 5.75 Å².